The summed E-state index contributed by atoms with van der Waals surface area (Å²) in [6.45, 7) is 10.0. The smallest absolute Gasteiger partial charge is 0.423 e. The van der Waals surface area contributed by atoms with E-state index >= 15 is 0 Å². The lowest BCUT2D eigenvalue weighted by Gasteiger charge is -2.37. The Morgan fingerprint density at radius 2 is 1.68 bits per heavy atom. The standard InChI is InChI=1S/C14H23BN2O2/c1-3-16-8-10-17(11-9-16)12(2)13-4-6-14(7-5-13)15(18)19/h4-7,12,18-19H,3,8-11H2,1-2H3. The molecule has 1 saturated heterocycles. The molecule has 5 heteroatoms. The van der Waals surface area contributed by atoms with E-state index in [1.807, 2.05) is 12.1 Å². The normalized spacial score (nSPS) is 19.4. The third kappa shape index (κ3) is 3.57. The number of hydrogen-bond acceptors (Lipinski definition) is 4. The van der Waals surface area contributed by atoms with E-state index < -0.39 is 7.12 Å². The molecule has 1 fully saturated rings. The molecule has 0 aromatic heterocycles. The van der Waals surface area contributed by atoms with Gasteiger partial charge in [0.05, 0.1) is 0 Å². The van der Waals surface area contributed by atoms with Crippen LogP contribution in [0, 0.1) is 0 Å². The van der Waals surface area contributed by atoms with Crippen LogP contribution in [0.1, 0.15) is 25.5 Å². The molecule has 1 aromatic rings. The lowest BCUT2D eigenvalue weighted by molar-refractivity contribution is 0.106. The maximum Gasteiger partial charge on any atom is 0.488 e. The van der Waals surface area contributed by atoms with E-state index in [-0.39, 0.29) is 0 Å². The summed E-state index contributed by atoms with van der Waals surface area (Å²) >= 11 is 0. The second kappa shape index (κ2) is 6.52. The summed E-state index contributed by atoms with van der Waals surface area (Å²) in [6, 6.07) is 7.94. The predicted octanol–water partition coefficient (Wildman–Crippen LogP) is 0.0649. The number of rotatable bonds is 4. The van der Waals surface area contributed by atoms with Crippen LogP contribution in [-0.4, -0.2) is 59.7 Å². The average Bonchev–Trinajstić information content (AvgIpc) is 2.46. The van der Waals surface area contributed by atoms with Crippen molar-refractivity contribution in [2.24, 2.45) is 0 Å². The molecule has 0 saturated carbocycles. The zero-order valence-corrected chi connectivity index (χ0v) is 11.8. The number of nitrogens with zero attached hydrogens (tertiary/aromatic N) is 2. The molecule has 1 unspecified atom stereocenters. The second-order valence-corrected chi connectivity index (χ2v) is 5.19. The zero-order valence-electron chi connectivity index (χ0n) is 11.8. The molecule has 0 radical (unpaired) electrons. The first kappa shape index (κ1) is 14.5. The van der Waals surface area contributed by atoms with Crippen LogP contribution in [0.25, 0.3) is 0 Å². The fraction of sp³-hybridized carbons (Fsp3) is 0.571. The van der Waals surface area contributed by atoms with Crippen molar-refractivity contribution in [2.45, 2.75) is 19.9 Å². The molecule has 0 spiro atoms. The van der Waals surface area contributed by atoms with Gasteiger partial charge in [-0.15, -0.1) is 0 Å². The van der Waals surface area contributed by atoms with Gasteiger partial charge in [0.2, 0.25) is 0 Å². The molecule has 0 aliphatic carbocycles. The summed E-state index contributed by atoms with van der Waals surface area (Å²) in [4.78, 5) is 4.95. The van der Waals surface area contributed by atoms with Gasteiger partial charge < -0.3 is 14.9 Å². The molecule has 19 heavy (non-hydrogen) atoms. The van der Waals surface area contributed by atoms with Gasteiger partial charge in [0.1, 0.15) is 0 Å². The number of likely N-dealkylation sites (N-methyl/N-ethyl adjacent to an activating group) is 1. The summed E-state index contributed by atoms with van der Waals surface area (Å²) in [5, 5.41) is 18.2. The minimum absolute atomic E-state index is 0.379. The molecular weight excluding hydrogens is 239 g/mol. The van der Waals surface area contributed by atoms with Crippen molar-refractivity contribution >= 4 is 12.6 Å². The minimum atomic E-state index is -1.38. The van der Waals surface area contributed by atoms with E-state index in [4.69, 9.17) is 10.0 Å². The monoisotopic (exact) mass is 262 g/mol. The molecule has 1 aromatic carbocycles. The van der Waals surface area contributed by atoms with Crippen molar-refractivity contribution < 1.29 is 10.0 Å². The first-order valence-electron chi connectivity index (χ1n) is 7.04. The van der Waals surface area contributed by atoms with Gasteiger partial charge in [-0.3, -0.25) is 4.90 Å². The van der Waals surface area contributed by atoms with Crippen LogP contribution >= 0.6 is 0 Å². The Kier molecular flexibility index (Phi) is 4.99. The first-order chi connectivity index (χ1) is 9.11. The highest BCUT2D eigenvalue weighted by atomic mass is 16.4. The Morgan fingerprint density at radius 1 is 1.11 bits per heavy atom. The van der Waals surface area contributed by atoms with E-state index in [0.717, 1.165) is 32.7 Å². The van der Waals surface area contributed by atoms with Gasteiger partial charge >= 0.3 is 7.12 Å². The summed E-state index contributed by atoms with van der Waals surface area (Å²) < 4.78 is 0. The van der Waals surface area contributed by atoms with Gasteiger partial charge in [0.25, 0.3) is 0 Å². The Bertz CT molecular complexity index is 389. The van der Waals surface area contributed by atoms with Crippen LogP contribution in [0.4, 0.5) is 0 Å². The van der Waals surface area contributed by atoms with Crippen LogP contribution < -0.4 is 5.46 Å². The zero-order chi connectivity index (χ0) is 13.8. The fourth-order valence-electron chi connectivity index (χ4n) is 2.62. The van der Waals surface area contributed by atoms with Crippen molar-refractivity contribution in [1.82, 2.24) is 9.80 Å². The quantitative estimate of drug-likeness (QED) is 0.754. The molecule has 104 valence electrons. The highest BCUT2D eigenvalue weighted by Crippen LogP contribution is 2.20. The summed E-state index contributed by atoms with van der Waals surface area (Å²) in [5.74, 6) is 0. The largest absolute Gasteiger partial charge is 0.488 e. The molecule has 2 rings (SSSR count). The SMILES string of the molecule is CCN1CCN(C(C)c2ccc(B(O)O)cc2)CC1. The molecule has 2 N–H and O–H groups in total. The van der Waals surface area contributed by atoms with E-state index in [0.29, 0.717) is 11.5 Å². The molecule has 1 aliphatic heterocycles. The van der Waals surface area contributed by atoms with Crippen LogP contribution in [0.5, 0.6) is 0 Å². The first-order valence-corrected chi connectivity index (χ1v) is 7.04. The van der Waals surface area contributed by atoms with Crippen LogP contribution in [0.3, 0.4) is 0 Å². The van der Waals surface area contributed by atoms with Gasteiger partial charge in [-0.25, -0.2) is 0 Å². The Morgan fingerprint density at radius 3 is 2.16 bits per heavy atom. The third-order valence-electron chi connectivity index (χ3n) is 4.12. The molecule has 0 bridgehead atoms. The second-order valence-electron chi connectivity index (χ2n) is 5.19. The van der Waals surface area contributed by atoms with Crippen molar-refractivity contribution in [3.63, 3.8) is 0 Å². The number of hydrogen-bond donors (Lipinski definition) is 2. The van der Waals surface area contributed by atoms with Crippen molar-refractivity contribution in [1.29, 1.82) is 0 Å². The van der Waals surface area contributed by atoms with Crippen molar-refractivity contribution in [2.75, 3.05) is 32.7 Å². The van der Waals surface area contributed by atoms with Gasteiger partial charge in [0, 0.05) is 32.2 Å². The molecular formula is C14H23BN2O2. The van der Waals surface area contributed by atoms with E-state index in [1.165, 1.54) is 5.56 Å². The van der Waals surface area contributed by atoms with Crippen LogP contribution in [-0.2, 0) is 0 Å². The maximum absolute atomic E-state index is 9.10. The van der Waals surface area contributed by atoms with Gasteiger partial charge in [-0.05, 0) is 24.5 Å². The number of piperazine rings is 1. The average molecular weight is 262 g/mol. The third-order valence-corrected chi connectivity index (χ3v) is 4.12. The van der Waals surface area contributed by atoms with Crippen LogP contribution in [0.2, 0.25) is 0 Å². The van der Waals surface area contributed by atoms with Gasteiger partial charge in [0.15, 0.2) is 0 Å². The minimum Gasteiger partial charge on any atom is -0.423 e. The topological polar surface area (TPSA) is 46.9 Å². The van der Waals surface area contributed by atoms with E-state index in [2.05, 4.69) is 23.6 Å². The maximum atomic E-state index is 9.10. The van der Waals surface area contributed by atoms with Crippen molar-refractivity contribution in [3.05, 3.63) is 29.8 Å². The highest BCUT2D eigenvalue weighted by molar-refractivity contribution is 6.58. The van der Waals surface area contributed by atoms with Gasteiger partial charge in [-0.2, -0.15) is 0 Å². The molecule has 4 nitrogen and oxygen atoms in total. The predicted molar refractivity (Wildman–Crippen MR) is 78.4 cm³/mol. The summed E-state index contributed by atoms with van der Waals surface area (Å²) in [5.41, 5.74) is 1.78. The Labute approximate surface area is 115 Å². The molecule has 1 aliphatic rings. The highest BCUT2D eigenvalue weighted by Gasteiger charge is 2.21. The lowest BCUT2D eigenvalue weighted by Crippen LogP contribution is -2.46. The summed E-state index contributed by atoms with van der Waals surface area (Å²) in [6.07, 6.45) is 0. The Hall–Kier alpha value is -0.875. The summed E-state index contributed by atoms with van der Waals surface area (Å²) in [7, 11) is -1.38. The van der Waals surface area contributed by atoms with Gasteiger partial charge in [-0.1, -0.05) is 31.2 Å². The van der Waals surface area contributed by atoms with E-state index in [1.54, 1.807) is 12.1 Å². The fourth-order valence-corrected chi connectivity index (χ4v) is 2.62. The number of benzene rings is 1. The van der Waals surface area contributed by atoms with Crippen LogP contribution in [0.15, 0.2) is 24.3 Å². The molecule has 1 atom stereocenters. The van der Waals surface area contributed by atoms with E-state index in [9.17, 15) is 0 Å². The lowest BCUT2D eigenvalue weighted by atomic mass is 9.80. The van der Waals surface area contributed by atoms with Crippen molar-refractivity contribution in [3.8, 4) is 0 Å². The Balaban J connectivity index is 1.97. The molecule has 1 heterocycles. The molecule has 0 amide bonds.